The highest BCUT2D eigenvalue weighted by Gasteiger charge is 2.49. The number of carbonyl (C=O) groups is 3. The van der Waals surface area contributed by atoms with Crippen molar-refractivity contribution in [2.75, 3.05) is 6.61 Å². The van der Waals surface area contributed by atoms with Crippen molar-refractivity contribution < 1.29 is 23.9 Å². The van der Waals surface area contributed by atoms with E-state index in [1.165, 1.54) is 0 Å². The molecule has 2 atom stereocenters. The van der Waals surface area contributed by atoms with Gasteiger partial charge in [0.05, 0.1) is 6.61 Å². The minimum atomic E-state index is -1.23. The zero-order valence-corrected chi connectivity index (χ0v) is 12.0. The summed E-state index contributed by atoms with van der Waals surface area (Å²) in [5, 5.41) is 0. The van der Waals surface area contributed by atoms with Gasteiger partial charge in [0.1, 0.15) is 0 Å². The topological polar surface area (TPSA) is 69.7 Å². The SMILES string of the molecule is O=C(OCC1C2CC/C=C\CCC21)OC1C(=O)CCC1=O. The molecule has 0 amide bonds. The van der Waals surface area contributed by atoms with Gasteiger partial charge in [0.15, 0.2) is 11.6 Å². The Morgan fingerprint density at radius 1 is 1.05 bits per heavy atom. The van der Waals surface area contributed by atoms with Crippen LogP contribution < -0.4 is 0 Å². The van der Waals surface area contributed by atoms with E-state index in [9.17, 15) is 14.4 Å². The molecule has 5 nitrogen and oxygen atoms in total. The number of allylic oxidation sites excluding steroid dienone is 2. The standard InChI is InChI=1S/C16H20O5/c17-13-7-8-14(18)15(13)21-16(19)20-9-12-10-5-3-1-2-4-6-11(10)12/h1-2,10-12,15H,3-9H2/b2-1-. The summed E-state index contributed by atoms with van der Waals surface area (Å²) in [7, 11) is 0. The first kappa shape index (κ1) is 14.3. The molecule has 0 aliphatic heterocycles. The number of ether oxygens (including phenoxy) is 2. The lowest BCUT2D eigenvalue weighted by molar-refractivity contribution is -0.134. The van der Waals surface area contributed by atoms with E-state index in [2.05, 4.69) is 12.2 Å². The maximum absolute atomic E-state index is 11.6. The Morgan fingerprint density at radius 2 is 1.62 bits per heavy atom. The van der Waals surface area contributed by atoms with Gasteiger partial charge in [0.2, 0.25) is 6.10 Å². The lowest BCUT2D eigenvalue weighted by Gasteiger charge is -2.09. The van der Waals surface area contributed by atoms with Gasteiger partial charge in [-0.25, -0.2) is 4.79 Å². The largest absolute Gasteiger partial charge is 0.509 e. The van der Waals surface area contributed by atoms with Crippen LogP contribution in [0.5, 0.6) is 0 Å². The molecule has 0 bridgehead atoms. The fourth-order valence-electron chi connectivity index (χ4n) is 3.56. The number of carbonyl (C=O) groups excluding carboxylic acids is 3. The predicted molar refractivity (Wildman–Crippen MR) is 73.5 cm³/mol. The number of rotatable bonds is 3. The molecule has 114 valence electrons. The summed E-state index contributed by atoms with van der Waals surface area (Å²) in [5.74, 6) is 1.04. The molecule has 0 spiro atoms. The Kier molecular flexibility index (Phi) is 4.08. The van der Waals surface area contributed by atoms with Gasteiger partial charge >= 0.3 is 6.16 Å². The predicted octanol–water partition coefficient (Wildman–Crippen LogP) is 2.43. The average Bonchev–Trinajstić information content (AvgIpc) is 2.98. The van der Waals surface area contributed by atoms with E-state index in [-0.39, 0.29) is 24.4 Å². The molecule has 0 heterocycles. The van der Waals surface area contributed by atoms with Crippen molar-refractivity contribution in [2.24, 2.45) is 17.8 Å². The summed E-state index contributed by atoms with van der Waals surface area (Å²) in [5.41, 5.74) is 0. The molecule has 0 saturated heterocycles. The fraction of sp³-hybridized carbons (Fsp3) is 0.688. The molecule has 0 radical (unpaired) electrons. The molecule has 2 fully saturated rings. The number of Topliss-reactive ketones (excluding diaryl/α,β-unsaturated/α-hetero) is 2. The number of ketones is 2. The molecule has 3 aliphatic rings. The second-order valence-corrected chi connectivity index (χ2v) is 6.11. The number of hydrogen-bond acceptors (Lipinski definition) is 5. The Labute approximate surface area is 123 Å². The van der Waals surface area contributed by atoms with Crippen LogP contribution in [-0.2, 0) is 19.1 Å². The van der Waals surface area contributed by atoms with Crippen LogP contribution in [0.1, 0.15) is 38.5 Å². The van der Waals surface area contributed by atoms with Crippen LogP contribution in [0.25, 0.3) is 0 Å². The van der Waals surface area contributed by atoms with E-state index < -0.39 is 12.3 Å². The summed E-state index contributed by atoms with van der Waals surface area (Å²) in [4.78, 5) is 34.4. The third kappa shape index (κ3) is 3.17. The normalized spacial score (nSPS) is 33.8. The van der Waals surface area contributed by atoms with Crippen LogP contribution in [0.15, 0.2) is 12.2 Å². The van der Waals surface area contributed by atoms with Gasteiger partial charge in [-0.2, -0.15) is 0 Å². The highest BCUT2D eigenvalue weighted by molar-refractivity contribution is 6.12. The molecule has 0 aromatic carbocycles. The van der Waals surface area contributed by atoms with Crippen LogP contribution in [-0.4, -0.2) is 30.4 Å². The average molecular weight is 292 g/mol. The van der Waals surface area contributed by atoms with Gasteiger partial charge in [0, 0.05) is 12.8 Å². The first-order valence-corrected chi connectivity index (χ1v) is 7.70. The van der Waals surface area contributed by atoms with Crippen molar-refractivity contribution >= 4 is 17.7 Å². The highest BCUT2D eigenvalue weighted by atomic mass is 16.7. The summed E-state index contributed by atoms with van der Waals surface area (Å²) in [6, 6.07) is 0. The first-order valence-electron chi connectivity index (χ1n) is 7.70. The van der Waals surface area contributed by atoms with Crippen molar-refractivity contribution in [3.05, 3.63) is 12.2 Å². The van der Waals surface area contributed by atoms with Crippen molar-refractivity contribution in [1.82, 2.24) is 0 Å². The van der Waals surface area contributed by atoms with E-state index in [1.807, 2.05) is 0 Å². The molecule has 2 unspecified atom stereocenters. The van der Waals surface area contributed by atoms with E-state index in [0.717, 1.165) is 25.7 Å². The van der Waals surface area contributed by atoms with Gasteiger partial charge in [-0.1, -0.05) is 12.2 Å². The highest BCUT2D eigenvalue weighted by Crippen LogP contribution is 2.52. The summed E-state index contributed by atoms with van der Waals surface area (Å²) >= 11 is 0. The molecule has 2 saturated carbocycles. The zero-order chi connectivity index (χ0) is 14.8. The molecule has 0 aromatic heterocycles. The van der Waals surface area contributed by atoms with Gasteiger partial charge < -0.3 is 9.47 Å². The van der Waals surface area contributed by atoms with Crippen LogP contribution in [0.3, 0.4) is 0 Å². The molecule has 5 heteroatoms. The number of hydrogen-bond donors (Lipinski definition) is 0. The van der Waals surface area contributed by atoms with Crippen LogP contribution >= 0.6 is 0 Å². The van der Waals surface area contributed by atoms with E-state index >= 15 is 0 Å². The third-order valence-electron chi connectivity index (χ3n) is 4.82. The minimum absolute atomic E-state index is 0.163. The van der Waals surface area contributed by atoms with Gasteiger partial charge in [0.25, 0.3) is 0 Å². The maximum Gasteiger partial charge on any atom is 0.509 e. The quantitative estimate of drug-likeness (QED) is 0.454. The molecule has 0 N–H and O–H groups in total. The summed E-state index contributed by atoms with van der Waals surface area (Å²) in [6.07, 6.45) is 7.12. The fourth-order valence-corrected chi connectivity index (χ4v) is 3.56. The Balaban J connectivity index is 1.42. The van der Waals surface area contributed by atoms with Gasteiger partial charge in [-0.05, 0) is 43.4 Å². The van der Waals surface area contributed by atoms with Crippen molar-refractivity contribution in [2.45, 2.75) is 44.6 Å². The van der Waals surface area contributed by atoms with E-state index in [1.54, 1.807) is 0 Å². The molecule has 3 rings (SSSR count). The second-order valence-electron chi connectivity index (χ2n) is 6.11. The van der Waals surface area contributed by atoms with Crippen molar-refractivity contribution in [3.63, 3.8) is 0 Å². The van der Waals surface area contributed by atoms with Gasteiger partial charge in [-0.15, -0.1) is 0 Å². The van der Waals surface area contributed by atoms with Gasteiger partial charge in [-0.3, -0.25) is 9.59 Å². The summed E-state index contributed by atoms with van der Waals surface area (Å²) < 4.78 is 9.96. The first-order chi connectivity index (χ1) is 10.2. The van der Waals surface area contributed by atoms with Crippen LogP contribution in [0.2, 0.25) is 0 Å². The maximum atomic E-state index is 11.6. The monoisotopic (exact) mass is 292 g/mol. The van der Waals surface area contributed by atoms with E-state index in [0.29, 0.717) is 24.4 Å². The zero-order valence-electron chi connectivity index (χ0n) is 12.0. The second kappa shape index (κ2) is 6.00. The van der Waals surface area contributed by atoms with Crippen LogP contribution in [0.4, 0.5) is 4.79 Å². The molecule has 0 aromatic rings. The van der Waals surface area contributed by atoms with Crippen LogP contribution in [0, 0.1) is 17.8 Å². The minimum Gasteiger partial charge on any atom is -0.434 e. The molecular weight excluding hydrogens is 272 g/mol. The Morgan fingerprint density at radius 3 is 2.19 bits per heavy atom. The summed E-state index contributed by atoms with van der Waals surface area (Å²) in [6.45, 7) is 0.337. The smallest absolute Gasteiger partial charge is 0.434 e. The molecule has 3 aliphatic carbocycles. The lowest BCUT2D eigenvalue weighted by atomic mass is 10.1. The Hall–Kier alpha value is -1.65. The number of fused-ring (bicyclic) bond motifs is 1. The van der Waals surface area contributed by atoms with Crippen molar-refractivity contribution in [1.29, 1.82) is 0 Å². The van der Waals surface area contributed by atoms with Crippen molar-refractivity contribution in [3.8, 4) is 0 Å². The Bertz CT molecular complexity index is 449. The third-order valence-corrected chi connectivity index (χ3v) is 4.82. The molecule has 21 heavy (non-hydrogen) atoms. The van der Waals surface area contributed by atoms with E-state index in [4.69, 9.17) is 9.47 Å². The lowest BCUT2D eigenvalue weighted by Crippen LogP contribution is -2.29. The molecular formula is C16H20O5.